The van der Waals surface area contributed by atoms with Gasteiger partial charge in [0.05, 0.1) is 6.61 Å². The van der Waals surface area contributed by atoms with Crippen molar-refractivity contribution in [3.63, 3.8) is 0 Å². The topological polar surface area (TPSA) is 90.2 Å². The van der Waals surface area contributed by atoms with Gasteiger partial charge in [0.2, 0.25) is 0 Å². The van der Waals surface area contributed by atoms with Crippen LogP contribution in [0, 0.1) is 0 Å². The van der Waals surface area contributed by atoms with Gasteiger partial charge in [0.15, 0.2) is 6.29 Å². The minimum absolute atomic E-state index is 0.153. The first-order valence-corrected chi connectivity index (χ1v) is 2.97. The van der Waals surface area contributed by atoms with E-state index in [0.717, 1.165) is 0 Å². The quantitative estimate of drug-likeness (QED) is 0.304. The van der Waals surface area contributed by atoms with E-state index < -0.39 is 24.6 Å². The highest BCUT2D eigenvalue weighted by atomic mass is 16.6. The predicted octanol–water partition coefficient (Wildman–Crippen LogP) is -2.58. The average molecular weight is 150 g/mol. The first-order valence-electron chi connectivity index (χ1n) is 2.97. The van der Waals surface area contributed by atoms with Gasteiger partial charge in [-0.3, -0.25) is 0 Å². The molecule has 5 heteroatoms. The third-order valence-electron chi connectivity index (χ3n) is 1.47. The standard InChI is InChI=1S/C5H10O5/c6-2-1-10-5(9)4(8)3(2)7/h2-9H,1H2/t2-,3?,4?,5?/m1/s1. The fraction of sp³-hybridized carbons (Fsp3) is 1.00. The zero-order valence-electron chi connectivity index (χ0n) is 5.21. The zero-order valence-corrected chi connectivity index (χ0v) is 5.21. The van der Waals surface area contributed by atoms with Crippen LogP contribution in [-0.4, -0.2) is 51.6 Å². The molecule has 0 aromatic heterocycles. The van der Waals surface area contributed by atoms with E-state index in [0.29, 0.717) is 0 Å². The third kappa shape index (κ3) is 1.28. The van der Waals surface area contributed by atoms with Crippen LogP contribution in [0.25, 0.3) is 0 Å². The summed E-state index contributed by atoms with van der Waals surface area (Å²) in [6.07, 6.45) is -5.23. The summed E-state index contributed by atoms with van der Waals surface area (Å²) in [6, 6.07) is 0. The molecule has 0 spiro atoms. The molecule has 1 saturated heterocycles. The maximum Gasteiger partial charge on any atom is 0.183 e. The fourth-order valence-corrected chi connectivity index (χ4v) is 0.791. The fourth-order valence-electron chi connectivity index (χ4n) is 0.791. The van der Waals surface area contributed by atoms with Crippen LogP contribution in [0.2, 0.25) is 0 Å². The van der Waals surface area contributed by atoms with Crippen LogP contribution >= 0.6 is 0 Å². The lowest BCUT2D eigenvalue weighted by Crippen LogP contribution is -2.52. The number of aliphatic hydroxyl groups is 4. The maximum absolute atomic E-state index is 8.88. The van der Waals surface area contributed by atoms with E-state index in [1.54, 1.807) is 0 Å². The van der Waals surface area contributed by atoms with Crippen LogP contribution in [0.15, 0.2) is 0 Å². The van der Waals surface area contributed by atoms with Crippen molar-refractivity contribution >= 4 is 0 Å². The van der Waals surface area contributed by atoms with Gasteiger partial charge in [-0.15, -0.1) is 0 Å². The molecular formula is C5H10O5. The first kappa shape index (κ1) is 7.90. The second kappa shape index (κ2) is 2.81. The summed E-state index contributed by atoms with van der Waals surface area (Å²) in [4.78, 5) is 0. The van der Waals surface area contributed by atoms with Gasteiger partial charge in [0.1, 0.15) is 18.3 Å². The molecule has 1 fully saturated rings. The van der Waals surface area contributed by atoms with Crippen molar-refractivity contribution < 1.29 is 25.2 Å². The van der Waals surface area contributed by atoms with Gasteiger partial charge >= 0.3 is 0 Å². The number of hydrogen-bond acceptors (Lipinski definition) is 5. The maximum atomic E-state index is 8.88. The van der Waals surface area contributed by atoms with E-state index in [2.05, 4.69) is 4.74 Å². The lowest BCUT2D eigenvalue weighted by Gasteiger charge is -2.31. The Hall–Kier alpha value is -0.200. The van der Waals surface area contributed by atoms with Crippen LogP contribution in [0.1, 0.15) is 0 Å². The molecule has 0 amide bonds. The van der Waals surface area contributed by atoms with Crippen molar-refractivity contribution in [3.05, 3.63) is 0 Å². The molecule has 1 aliphatic heterocycles. The van der Waals surface area contributed by atoms with Crippen molar-refractivity contribution in [2.75, 3.05) is 6.61 Å². The normalized spacial score (nSPS) is 49.2. The molecule has 0 bridgehead atoms. The molecule has 4 N–H and O–H groups in total. The van der Waals surface area contributed by atoms with E-state index in [-0.39, 0.29) is 6.61 Å². The Kier molecular flexibility index (Phi) is 2.22. The molecule has 60 valence electrons. The van der Waals surface area contributed by atoms with Gasteiger partial charge in [-0.25, -0.2) is 0 Å². The Morgan fingerprint density at radius 2 is 1.60 bits per heavy atom. The van der Waals surface area contributed by atoms with E-state index in [1.165, 1.54) is 0 Å². The minimum atomic E-state index is -1.41. The van der Waals surface area contributed by atoms with E-state index in [4.69, 9.17) is 20.4 Å². The molecule has 0 aromatic carbocycles. The summed E-state index contributed by atoms with van der Waals surface area (Å²) in [5.74, 6) is 0. The van der Waals surface area contributed by atoms with Gasteiger partial charge in [0, 0.05) is 0 Å². The van der Waals surface area contributed by atoms with Crippen molar-refractivity contribution in [1.82, 2.24) is 0 Å². The van der Waals surface area contributed by atoms with Crippen molar-refractivity contribution in [1.29, 1.82) is 0 Å². The summed E-state index contributed by atoms with van der Waals surface area (Å²) in [5, 5.41) is 35.3. The van der Waals surface area contributed by atoms with Crippen LogP contribution in [-0.2, 0) is 4.74 Å². The molecular weight excluding hydrogens is 140 g/mol. The number of aliphatic hydroxyl groups excluding tert-OH is 4. The first-order chi connectivity index (χ1) is 4.63. The predicted molar refractivity (Wildman–Crippen MR) is 30.0 cm³/mol. The molecule has 1 heterocycles. The minimum Gasteiger partial charge on any atom is -0.388 e. The highest BCUT2D eigenvalue weighted by Gasteiger charge is 2.36. The van der Waals surface area contributed by atoms with E-state index >= 15 is 0 Å². The molecule has 0 radical (unpaired) electrons. The largest absolute Gasteiger partial charge is 0.388 e. The Labute approximate surface area is 57.5 Å². The average Bonchev–Trinajstić information content (AvgIpc) is 1.93. The second-order valence-corrected chi connectivity index (χ2v) is 2.27. The van der Waals surface area contributed by atoms with Gasteiger partial charge in [0.25, 0.3) is 0 Å². The highest BCUT2D eigenvalue weighted by molar-refractivity contribution is 4.81. The van der Waals surface area contributed by atoms with Crippen molar-refractivity contribution in [2.45, 2.75) is 24.6 Å². The smallest absolute Gasteiger partial charge is 0.183 e. The lowest BCUT2D eigenvalue weighted by atomic mass is 10.1. The second-order valence-electron chi connectivity index (χ2n) is 2.27. The summed E-state index contributed by atoms with van der Waals surface area (Å²) in [7, 11) is 0. The van der Waals surface area contributed by atoms with Crippen LogP contribution in [0.5, 0.6) is 0 Å². The summed E-state index contributed by atoms with van der Waals surface area (Å²) < 4.78 is 4.47. The summed E-state index contributed by atoms with van der Waals surface area (Å²) in [6.45, 7) is -0.153. The number of ether oxygens (including phenoxy) is 1. The van der Waals surface area contributed by atoms with Gasteiger partial charge in [-0.1, -0.05) is 0 Å². The highest BCUT2D eigenvalue weighted by Crippen LogP contribution is 2.12. The Balaban J connectivity index is 2.52. The molecule has 0 saturated carbocycles. The molecule has 0 aromatic rings. The Morgan fingerprint density at radius 3 is 2.10 bits per heavy atom. The molecule has 4 atom stereocenters. The number of rotatable bonds is 0. The van der Waals surface area contributed by atoms with Gasteiger partial charge < -0.3 is 25.2 Å². The lowest BCUT2D eigenvalue weighted by molar-refractivity contribution is -0.252. The van der Waals surface area contributed by atoms with Crippen LogP contribution < -0.4 is 0 Å². The number of hydrogen-bond donors (Lipinski definition) is 4. The van der Waals surface area contributed by atoms with Gasteiger partial charge in [-0.2, -0.15) is 0 Å². The molecule has 1 aliphatic rings. The van der Waals surface area contributed by atoms with Crippen LogP contribution in [0.3, 0.4) is 0 Å². The van der Waals surface area contributed by atoms with Crippen LogP contribution in [0.4, 0.5) is 0 Å². The zero-order chi connectivity index (χ0) is 7.72. The Morgan fingerprint density at radius 1 is 1.00 bits per heavy atom. The van der Waals surface area contributed by atoms with Crippen molar-refractivity contribution in [3.8, 4) is 0 Å². The summed E-state index contributed by atoms with van der Waals surface area (Å²) in [5.41, 5.74) is 0. The van der Waals surface area contributed by atoms with Gasteiger partial charge in [-0.05, 0) is 0 Å². The van der Waals surface area contributed by atoms with Crippen molar-refractivity contribution in [2.24, 2.45) is 0 Å². The molecule has 10 heavy (non-hydrogen) atoms. The third-order valence-corrected chi connectivity index (χ3v) is 1.47. The molecule has 5 nitrogen and oxygen atoms in total. The SMILES string of the molecule is OC1OC[C@@H](O)C(O)C1O. The van der Waals surface area contributed by atoms with E-state index in [9.17, 15) is 0 Å². The van der Waals surface area contributed by atoms with E-state index in [1.807, 2.05) is 0 Å². The summed E-state index contributed by atoms with van der Waals surface area (Å²) >= 11 is 0. The molecule has 0 aliphatic carbocycles. The monoisotopic (exact) mass is 150 g/mol. The molecule has 3 unspecified atom stereocenters. The molecule has 1 rings (SSSR count). The Bertz CT molecular complexity index is 103.